The summed E-state index contributed by atoms with van der Waals surface area (Å²) >= 11 is 12.3. The standard InChI is InChI=1S/C20H24ClN9O5S5/c1-23-2-3-24-4-5-36-6-8-19(40-29-27-8)38-9-7-37-17-12(16(32)30(17)13(9)18(33)34)25-15(31)11(28-35)10-14(21)39-20(22)26-10/h12,17,23-24,35H,2-7H2,1H3,(H2,22,26)(H,25,31)(H,33,34)/b28-11-/t12-,17+/m1/s1. The number of carboxylic acid groups (broad SMARTS) is 1. The van der Waals surface area contributed by atoms with Gasteiger partial charge in [-0.25, -0.2) is 9.78 Å². The van der Waals surface area contributed by atoms with Gasteiger partial charge in [-0.2, -0.15) is 11.8 Å². The molecule has 0 saturated carbocycles. The number of aliphatic carboxylic acids is 1. The van der Waals surface area contributed by atoms with Crippen LogP contribution >= 0.6 is 69.8 Å². The van der Waals surface area contributed by atoms with Crippen molar-refractivity contribution in [2.75, 3.05) is 43.9 Å². The third-order valence-corrected chi connectivity index (χ3v) is 11.1. The normalized spacial score (nSPS) is 19.0. The van der Waals surface area contributed by atoms with Gasteiger partial charge in [0.05, 0.1) is 5.69 Å². The molecular weight excluding hydrogens is 642 g/mol. The van der Waals surface area contributed by atoms with Crippen LogP contribution in [-0.2, 0) is 20.1 Å². The quantitative estimate of drug-likeness (QED) is 0.0546. The topological polar surface area (TPSA) is 208 Å². The second kappa shape index (κ2) is 14.2. The third kappa shape index (κ3) is 6.84. The largest absolute Gasteiger partial charge is 0.477 e. The number of hydrogen-bond acceptors (Lipinski definition) is 16. The molecule has 2 aromatic heterocycles. The number of nitrogen functional groups attached to an aromatic ring is 1. The van der Waals surface area contributed by atoms with Gasteiger partial charge in [-0.3, -0.25) is 14.5 Å². The van der Waals surface area contributed by atoms with E-state index >= 15 is 0 Å². The van der Waals surface area contributed by atoms with E-state index in [1.54, 1.807) is 11.8 Å². The number of thiazole rings is 1. The molecule has 0 bridgehead atoms. The van der Waals surface area contributed by atoms with E-state index in [0.29, 0.717) is 16.4 Å². The minimum atomic E-state index is -1.26. The highest BCUT2D eigenvalue weighted by Crippen LogP contribution is 2.46. The Labute approximate surface area is 254 Å². The van der Waals surface area contributed by atoms with E-state index in [0.717, 1.165) is 51.5 Å². The number of hydrogen-bond donors (Lipinski definition) is 6. The van der Waals surface area contributed by atoms with Crippen molar-refractivity contribution in [3.8, 4) is 0 Å². The molecule has 14 nitrogen and oxygen atoms in total. The fourth-order valence-corrected chi connectivity index (χ4v) is 8.96. The molecular formula is C20H24ClN9O5S5. The molecule has 216 valence electrons. The number of nitrogens with zero attached hydrogens (tertiary/aromatic N) is 5. The maximum absolute atomic E-state index is 13.0. The predicted molar refractivity (Wildman–Crippen MR) is 158 cm³/mol. The summed E-state index contributed by atoms with van der Waals surface area (Å²) < 4.78 is 4.85. The minimum absolute atomic E-state index is 0.0448. The first kappa shape index (κ1) is 30.8. The van der Waals surface area contributed by atoms with E-state index in [4.69, 9.17) is 17.3 Å². The van der Waals surface area contributed by atoms with E-state index in [1.807, 2.05) is 7.05 Å². The monoisotopic (exact) mass is 665 g/mol. The van der Waals surface area contributed by atoms with Crippen molar-refractivity contribution in [3.63, 3.8) is 0 Å². The zero-order valence-electron chi connectivity index (χ0n) is 20.7. The van der Waals surface area contributed by atoms with Crippen LogP contribution in [0, 0.1) is 0 Å². The van der Waals surface area contributed by atoms with Crippen LogP contribution in [0.25, 0.3) is 0 Å². The third-order valence-electron chi connectivity index (χ3n) is 5.51. The molecule has 40 heavy (non-hydrogen) atoms. The van der Waals surface area contributed by atoms with Gasteiger partial charge in [0.15, 0.2) is 10.8 Å². The van der Waals surface area contributed by atoms with Crippen molar-refractivity contribution in [1.29, 1.82) is 0 Å². The zero-order chi connectivity index (χ0) is 28.8. The van der Waals surface area contributed by atoms with Crippen molar-refractivity contribution >= 4 is 98.4 Å². The Morgan fingerprint density at radius 3 is 2.80 bits per heavy atom. The van der Waals surface area contributed by atoms with E-state index in [9.17, 15) is 24.7 Å². The Bertz CT molecular complexity index is 1340. The highest BCUT2D eigenvalue weighted by Gasteiger charge is 2.54. The van der Waals surface area contributed by atoms with Gasteiger partial charge in [0.1, 0.15) is 31.4 Å². The Balaban J connectivity index is 1.41. The van der Waals surface area contributed by atoms with Crippen LogP contribution in [-0.4, -0.2) is 103 Å². The SMILES string of the molecule is CNCCNCCSCc1nnsc1SC1=C(C(=O)O)N2C(=O)[C@@H](NC(=O)/C(=N\O)c3nc(N)sc3Cl)[C@@H]2SC1. The Hall–Kier alpha value is -2.13. The number of oxime groups is 1. The number of nitrogens with two attached hydrogens (primary N) is 1. The first-order valence-corrected chi connectivity index (χ1v) is 16.5. The number of likely N-dealkylation sites (N-methyl/N-ethyl adjacent to an activating group) is 1. The molecule has 2 amide bonds. The molecule has 0 unspecified atom stereocenters. The van der Waals surface area contributed by atoms with Crippen LogP contribution in [0.3, 0.4) is 0 Å². The molecule has 1 fully saturated rings. The molecule has 2 atom stereocenters. The molecule has 2 aliphatic rings. The predicted octanol–water partition coefficient (Wildman–Crippen LogP) is 0.939. The number of thioether (sulfide) groups is 3. The Morgan fingerprint density at radius 1 is 1.32 bits per heavy atom. The number of aromatic nitrogens is 3. The summed E-state index contributed by atoms with van der Waals surface area (Å²) in [6, 6.07) is -1.04. The average Bonchev–Trinajstić information content (AvgIpc) is 3.51. The van der Waals surface area contributed by atoms with Crippen molar-refractivity contribution in [2.24, 2.45) is 5.16 Å². The van der Waals surface area contributed by atoms with Crippen molar-refractivity contribution < 1.29 is 24.7 Å². The fourth-order valence-electron chi connectivity index (χ4n) is 3.67. The smallest absolute Gasteiger partial charge is 0.353 e. The zero-order valence-corrected chi connectivity index (χ0v) is 25.6. The molecule has 0 aromatic carbocycles. The van der Waals surface area contributed by atoms with E-state index in [1.165, 1.54) is 35.1 Å². The lowest BCUT2D eigenvalue weighted by molar-refractivity contribution is -0.150. The molecule has 0 spiro atoms. The summed E-state index contributed by atoms with van der Waals surface area (Å²) in [6.45, 7) is 2.62. The number of carbonyl (C=O) groups excluding carboxylic acids is 2. The molecule has 2 aliphatic heterocycles. The van der Waals surface area contributed by atoms with Gasteiger partial charge in [-0.15, -0.1) is 16.9 Å². The van der Waals surface area contributed by atoms with Gasteiger partial charge in [-0.1, -0.05) is 44.3 Å². The molecule has 0 radical (unpaired) electrons. The molecule has 4 rings (SSSR count). The number of nitrogens with one attached hydrogen (secondary N) is 3. The number of carbonyl (C=O) groups is 3. The average molecular weight is 666 g/mol. The van der Waals surface area contributed by atoms with Crippen LogP contribution in [0.5, 0.6) is 0 Å². The maximum atomic E-state index is 13.0. The molecule has 0 aliphatic carbocycles. The van der Waals surface area contributed by atoms with Gasteiger partial charge in [0, 0.05) is 41.8 Å². The maximum Gasteiger partial charge on any atom is 0.353 e. The Morgan fingerprint density at radius 2 is 2.12 bits per heavy atom. The van der Waals surface area contributed by atoms with E-state index in [2.05, 4.69) is 35.7 Å². The number of halogens is 1. The minimum Gasteiger partial charge on any atom is -0.477 e. The number of rotatable bonds is 14. The summed E-state index contributed by atoms with van der Waals surface area (Å²) in [6.07, 6.45) is 0. The summed E-state index contributed by atoms with van der Waals surface area (Å²) in [5.41, 5.74) is 5.59. The summed E-state index contributed by atoms with van der Waals surface area (Å²) in [5, 5.41) is 34.9. The van der Waals surface area contributed by atoms with Crippen LogP contribution in [0.1, 0.15) is 11.4 Å². The molecule has 1 saturated heterocycles. The van der Waals surface area contributed by atoms with Crippen LogP contribution in [0.15, 0.2) is 20.0 Å². The fraction of sp³-hybridized carbons (Fsp3) is 0.450. The van der Waals surface area contributed by atoms with Gasteiger partial charge in [0.2, 0.25) is 0 Å². The number of β-lactam (4-membered cyclic amide) rings is 1. The summed E-state index contributed by atoms with van der Waals surface area (Å²) in [7, 11) is 1.90. The lowest BCUT2D eigenvalue weighted by Gasteiger charge is -2.49. The van der Waals surface area contributed by atoms with Gasteiger partial charge in [0.25, 0.3) is 11.8 Å². The lowest BCUT2D eigenvalue weighted by Crippen LogP contribution is -2.71. The number of fused-ring (bicyclic) bond motifs is 1. The van der Waals surface area contributed by atoms with E-state index < -0.39 is 34.9 Å². The van der Waals surface area contributed by atoms with Crippen molar-refractivity contribution in [2.45, 2.75) is 21.4 Å². The molecule has 4 heterocycles. The first-order chi connectivity index (χ1) is 19.3. The van der Waals surface area contributed by atoms with Crippen molar-refractivity contribution in [3.05, 3.63) is 26.3 Å². The van der Waals surface area contributed by atoms with Crippen molar-refractivity contribution in [1.82, 2.24) is 35.4 Å². The van der Waals surface area contributed by atoms with Gasteiger partial charge < -0.3 is 32.0 Å². The van der Waals surface area contributed by atoms with Crippen LogP contribution in [0.4, 0.5) is 5.13 Å². The second-order valence-corrected chi connectivity index (χ2v) is 14.0. The van der Waals surface area contributed by atoms with Crippen LogP contribution < -0.4 is 21.7 Å². The number of anilines is 1. The summed E-state index contributed by atoms with van der Waals surface area (Å²) in [4.78, 5) is 43.6. The second-order valence-electron chi connectivity index (χ2n) is 8.08. The van der Waals surface area contributed by atoms with E-state index in [-0.39, 0.29) is 20.9 Å². The molecule has 20 heteroatoms. The first-order valence-electron chi connectivity index (χ1n) is 11.5. The highest BCUT2D eigenvalue weighted by atomic mass is 35.5. The number of amides is 2. The number of carboxylic acids is 1. The Kier molecular flexibility index (Phi) is 10.9. The van der Waals surface area contributed by atoms with Crippen LogP contribution in [0.2, 0.25) is 4.34 Å². The lowest BCUT2D eigenvalue weighted by atomic mass is 10.0. The summed E-state index contributed by atoms with van der Waals surface area (Å²) in [5.74, 6) is -0.961. The van der Waals surface area contributed by atoms with Gasteiger partial charge in [-0.05, 0) is 18.6 Å². The molecule has 7 N–H and O–H groups in total. The molecule has 2 aromatic rings. The highest BCUT2D eigenvalue weighted by molar-refractivity contribution is 8.07. The van der Waals surface area contributed by atoms with Gasteiger partial charge >= 0.3 is 5.97 Å².